The van der Waals surface area contributed by atoms with E-state index in [1.54, 1.807) is 12.1 Å². The molecule has 1 unspecified atom stereocenters. The minimum atomic E-state index is -0.680. The summed E-state index contributed by atoms with van der Waals surface area (Å²) < 4.78 is 0. The summed E-state index contributed by atoms with van der Waals surface area (Å²) in [6.45, 7) is 0.529. The fourth-order valence-corrected chi connectivity index (χ4v) is 2.96. The molecule has 28 heavy (non-hydrogen) atoms. The highest BCUT2D eigenvalue weighted by Crippen LogP contribution is 2.21. The fraction of sp³-hybridized carbons (Fsp3) is 0.333. The lowest BCUT2D eigenvalue weighted by Crippen LogP contribution is -2.42. The average Bonchev–Trinajstić information content (AvgIpc) is 2.67. The van der Waals surface area contributed by atoms with E-state index in [4.69, 9.17) is 11.6 Å². The van der Waals surface area contributed by atoms with Crippen LogP contribution in [0.2, 0.25) is 5.02 Å². The quantitative estimate of drug-likeness (QED) is 0.698. The predicted molar refractivity (Wildman–Crippen MR) is 114 cm³/mol. The summed E-state index contributed by atoms with van der Waals surface area (Å²) in [6.07, 6.45) is 0. The van der Waals surface area contributed by atoms with E-state index >= 15 is 0 Å². The van der Waals surface area contributed by atoms with Gasteiger partial charge in [0.2, 0.25) is 0 Å². The normalized spacial score (nSPS) is 11.8. The molecule has 150 valence electrons. The number of anilines is 1. The molecule has 0 aliphatic rings. The van der Waals surface area contributed by atoms with Crippen LogP contribution in [-0.2, 0) is 16.1 Å². The molecule has 2 amide bonds. The smallest absolute Gasteiger partial charge is 0.309 e. The van der Waals surface area contributed by atoms with Crippen molar-refractivity contribution in [3.8, 4) is 0 Å². The molecule has 0 spiro atoms. The van der Waals surface area contributed by atoms with E-state index in [9.17, 15) is 9.59 Å². The number of carbonyl (C=O) groups excluding carboxylic acids is 2. The molecule has 0 aliphatic carbocycles. The van der Waals surface area contributed by atoms with Gasteiger partial charge in [-0.25, -0.2) is 0 Å². The van der Waals surface area contributed by atoms with Crippen molar-refractivity contribution in [1.82, 2.24) is 15.5 Å². The maximum Gasteiger partial charge on any atom is 0.309 e. The summed E-state index contributed by atoms with van der Waals surface area (Å²) in [6, 6.07) is 15.3. The first-order chi connectivity index (χ1) is 13.3. The van der Waals surface area contributed by atoms with Crippen LogP contribution in [0, 0.1) is 0 Å². The Labute approximate surface area is 171 Å². The zero-order valence-electron chi connectivity index (χ0n) is 16.7. The van der Waals surface area contributed by atoms with Crippen LogP contribution in [0.1, 0.15) is 17.2 Å². The van der Waals surface area contributed by atoms with Gasteiger partial charge in [0.25, 0.3) is 0 Å². The van der Waals surface area contributed by atoms with Crippen molar-refractivity contribution in [2.45, 2.75) is 12.6 Å². The van der Waals surface area contributed by atoms with Gasteiger partial charge in [0, 0.05) is 37.9 Å². The van der Waals surface area contributed by atoms with Gasteiger partial charge >= 0.3 is 11.8 Å². The van der Waals surface area contributed by atoms with Crippen LogP contribution < -0.4 is 15.5 Å². The number of rotatable bonds is 7. The van der Waals surface area contributed by atoms with Gasteiger partial charge < -0.3 is 20.4 Å². The van der Waals surface area contributed by atoms with Gasteiger partial charge in [0.15, 0.2) is 0 Å². The maximum atomic E-state index is 12.2. The number of benzene rings is 2. The van der Waals surface area contributed by atoms with Gasteiger partial charge in [-0.15, -0.1) is 0 Å². The second-order valence-corrected chi connectivity index (χ2v) is 7.36. The topological polar surface area (TPSA) is 64.7 Å². The molecule has 2 aromatic rings. The predicted octanol–water partition coefficient (Wildman–Crippen LogP) is 2.44. The molecule has 0 radical (unpaired) electrons. The van der Waals surface area contributed by atoms with Gasteiger partial charge in [-0.3, -0.25) is 9.59 Å². The Bertz CT molecular complexity index is 806. The van der Waals surface area contributed by atoms with Gasteiger partial charge in [0.05, 0.1) is 6.04 Å². The van der Waals surface area contributed by atoms with Crippen molar-refractivity contribution in [2.24, 2.45) is 0 Å². The Morgan fingerprint density at radius 3 is 2.11 bits per heavy atom. The van der Waals surface area contributed by atoms with E-state index in [0.29, 0.717) is 11.6 Å². The van der Waals surface area contributed by atoms with E-state index < -0.39 is 11.8 Å². The number of halogens is 1. The number of hydrogen-bond donors (Lipinski definition) is 2. The minimum absolute atomic E-state index is 0.0449. The monoisotopic (exact) mass is 402 g/mol. The van der Waals surface area contributed by atoms with Crippen LogP contribution in [0.4, 0.5) is 5.69 Å². The standard InChI is InChI=1S/C21H27ClN4O2/c1-25(2)17-11-9-15(10-12-17)19(26(3)4)14-24-21(28)20(27)23-13-16-7-5-6-8-18(16)22/h5-12,19H,13-14H2,1-4H3,(H,23,27)(H,24,28). The van der Waals surface area contributed by atoms with Gasteiger partial charge in [0.1, 0.15) is 0 Å². The van der Waals surface area contributed by atoms with Gasteiger partial charge in [-0.2, -0.15) is 0 Å². The van der Waals surface area contributed by atoms with E-state index in [0.717, 1.165) is 16.8 Å². The van der Waals surface area contributed by atoms with E-state index in [2.05, 4.69) is 10.6 Å². The van der Waals surface area contributed by atoms with E-state index in [-0.39, 0.29) is 12.6 Å². The molecule has 0 aromatic heterocycles. The molecule has 6 nitrogen and oxygen atoms in total. The first-order valence-corrected chi connectivity index (χ1v) is 9.40. The molecule has 2 aromatic carbocycles. The zero-order chi connectivity index (χ0) is 20.7. The second kappa shape index (κ2) is 10.1. The summed E-state index contributed by atoms with van der Waals surface area (Å²) in [5.41, 5.74) is 2.93. The highest BCUT2D eigenvalue weighted by atomic mass is 35.5. The fourth-order valence-electron chi connectivity index (χ4n) is 2.76. The molecule has 0 heterocycles. The van der Waals surface area contributed by atoms with Crippen LogP contribution in [0.15, 0.2) is 48.5 Å². The summed E-state index contributed by atoms with van der Waals surface area (Å²) >= 11 is 6.06. The number of carbonyl (C=O) groups is 2. The van der Waals surface area contributed by atoms with Crippen LogP contribution in [0.3, 0.4) is 0 Å². The molecule has 1 atom stereocenters. The van der Waals surface area contributed by atoms with Crippen molar-refractivity contribution < 1.29 is 9.59 Å². The number of amides is 2. The van der Waals surface area contributed by atoms with E-state index in [1.165, 1.54) is 0 Å². The Morgan fingerprint density at radius 2 is 1.54 bits per heavy atom. The summed E-state index contributed by atoms with van der Waals surface area (Å²) in [5.74, 6) is -1.34. The second-order valence-electron chi connectivity index (χ2n) is 6.95. The lowest BCUT2D eigenvalue weighted by Gasteiger charge is -2.25. The molecule has 0 fully saturated rings. The highest BCUT2D eigenvalue weighted by Gasteiger charge is 2.19. The molecule has 0 saturated heterocycles. The van der Waals surface area contributed by atoms with Crippen LogP contribution in [0.5, 0.6) is 0 Å². The summed E-state index contributed by atoms with van der Waals surface area (Å²) in [5, 5.41) is 5.87. The molecular weight excluding hydrogens is 376 g/mol. The van der Waals surface area contributed by atoms with Crippen molar-refractivity contribution in [2.75, 3.05) is 39.6 Å². The van der Waals surface area contributed by atoms with Crippen molar-refractivity contribution in [3.05, 3.63) is 64.7 Å². The molecule has 0 saturated carbocycles. The molecule has 2 N–H and O–H groups in total. The number of hydrogen-bond acceptors (Lipinski definition) is 4. The van der Waals surface area contributed by atoms with Crippen LogP contribution in [0.25, 0.3) is 0 Å². The van der Waals surface area contributed by atoms with E-state index in [1.807, 2.05) is 74.4 Å². The third-order valence-corrected chi connectivity index (χ3v) is 4.85. The average molecular weight is 403 g/mol. The minimum Gasteiger partial charge on any atom is -0.378 e. The zero-order valence-corrected chi connectivity index (χ0v) is 17.5. The SMILES string of the molecule is CN(C)c1ccc(C(CNC(=O)C(=O)NCc2ccccc2Cl)N(C)C)cc1. The number of likely N-dealkylation sites (N-methyl/N-ethyl adjacent to an activating group) is 1. The van der Waals surface area contributed by atoms with Crippen LogP contribution in [-0.4, -0.2) is 51.4 Å². The first-order valence-electron chi connectivity index (χ1n) is 9.02. The Kier molecular flexibility index (Phi) is 7.84. The lowest BCUT2D eigenvalue weighted by molar-refractivity contribution is -0.139. The Hall–Kier alpha value is -2.57. The maximum absolute atomic E-state index is 12.2. The summed E-state index contributed by atoms with van der Waals surface area (Å²) in [7, 11) is 7.85. The number of nitrogens with one attached hydrogen (secondary N) is 2. The summed E-state index contributed by atoms with van der Waals surface area (Å²) in [4.78, 5) is 28.3. The van der Waals surface area contributed by atoms with Gasteiger partial charge in [-0.1, -0.05) is 41.9 Å². The molecule has 2 rings (SSSR count). The lowest BCUT2D eigenvalue weighted by atomic mass is 10.1. The third kappa shape index (κ3) is 5.97. The van der Waals surface area contributed by atoms with Crippen molar-refractivity contribution in [3.63, 3.8) is 0 Å². The molecule has 0 aliphatic heterocycles. The highest BCUT2D eigenvalue weighted by molar-refractivity contribution is 6.35. The third-order valence-electron chi connectivity index (χ3n) is 4.48. The van der Waals surface area contributed by atoms with Crippen molar-refractivity contribution >= 4 is 29.1 Å². The Morgan fingerprint density at radius 1 is 0.929 bits per heavy atom. The molecule has 7 heteroatoms. The number of nitrogens with zero attached hydrogens (tertiary/aromatic N) is 2. The molecule has 0 bridgehead atoms. The van der Waals surface area contributed by atoms with Crippen molar-refractivity contribution in [1.29, 1.82) is 0 Å². The largest absolute Gasteiger partial charge is 0.378 e. The van der Waals surface area contributed by atoms with Gasteiger partial charge in [-0.05, 0) is 43.4 Å². The Balaban J connectivity index is 1.92. The molecular formula is C21H27ClN4O2. The first kappa shape index (κ1) is 21.7. The van der Waals surface area contributed by atoms with Crippen LogP contribution >= 0.6 is 11.6 Å².